The Kier molecular flexibility index (Phi) is 8.72. The van der Waals surface area contributed by atoms with E-state index in [1.807, 2.05) is 6.07 Å². The number of aromatic nitrogens is 2. The third-order valence-corrected chi connectivity index (χ3v) is 7.39. The van der Waals surface area contributed by atoms with Gasteiger partial charge in [0.1, 0.15) is 18.2 Å². The summed E-state index contributed by atoms with van der Waals surface area (Å²) >= 11 is 6.36. The smallest absolute Gasteiger partial charge is 0.238 e. The number of alkyl halides is 1. The number of carbonyl (C=O) groups is 1. The number of benzene rings is 3. The number of nitrogens with zero attached hydrogens (tertiary/aromatic N) is 2. The Bertz CT molecular complexity index is 1570. The third-order valence-electron chi connectivity index (χ3n) is 5.43. The van der Waals surface area contributed by atoms with Crippen LogP contribution >= 0.6 is 11.6 Å². The molecular weight excluding hydrogens is 533 g/mol. The van der Waals surface area contributed by atoms with Crippen LogP contribution in [0.1, 0.15) is 5.69 Å². The molecule has 3 aromatic carbocycles. The zero-order valence-electron chi connectivity index (χ0n) is 20.4. The van der Waals surface area contributed by atoms with E-state index < -0.39 is 28.2 Å². The van der Waals surface area contributed by atoms with Crippen LogP contribution in [0.2, 0.25) is 5.02 Å². The number of amides is 1. The molecule has 0 saturated heterocycles. The second kappa shape index (κ2) is 12.2. The van der Waals surface area contributed by atoms with Crippen LogP contribution in [0.3, 0.4) is 0 Å². The first-order chi connectivity index (χ1) is 18.3. The SMILES string of the molecule is COc1ccc(Cl)c(Nc2nc3ccccc3nc2CS(=O)(=O)c2cccc(NC(=O)CNCCF)c2)c1. The fourth-order valence-corrected chi connectivity index (χ4v) is 5.08. The van der Waals surface area contributed by atoms with E-state index in [1.165, 1.54) is 25.3 Å². The summed E-state index contributed by atoms with van der Waals surface area (Å²) in [5, 5.41) is 8.74. The highest BCUT2D eigenvalue weighted by Crippen LogP contribution is 2.31. The summed E-state index contributed by atoms with van der Waals surface area (Å²) in [5.41, 5.74) is 2.06. The molecule has 1 amide bonds. The summed E-state index contributed by atoms with van der Waals surface area (Å²) < 4.78 is 44.4. The maximum absolute atomic E-state index is 13.5. The maximum Gasteiger partial charge on any atom is 0.238 e. The Morgan fingerprint density at radius 1 is 1.03 bits per heavy atom. The minimum Gasteiger partial charge on any atom is -0.497 e. The Labute approximate surface area is 224 Å². The van der Waals surface area contributed by atoms with Crippen molar-refractivity contribution in [1.82, 2.24) is 15.3 Å². The summed E-state index contributed by atoms with van der Waals surface area (Å²) in [5.74, 6) is -0.107. The van der Waals surface area contributed by atoms with Gasteiger partial charge in [-0.2, -0.15) is 0 Å². The van der Waals surface area contributed by atoms with E-state index in [0.717, 1.165) is 0 Å². The molecule has 1 aromatic heterocycles. The van der Waals surface area contributed by atoms with Crippen LogP contribution in [0.5, 0.6) is 5.75 Å². The summed E-state index contributed by atoms with van der Waals surface area (Å²) in [6.07, 6.45) is 0. The van der Waals surface area contributed by atoms with Gasteiger partial charge in [0.2, 0.25) is 5.91 Å². The van der Waals surface area contributed by atoms with Gasteiger partial charge in [0.05, 0.1) is 46.0 Å². The van der Waals surface area contributed by atoms with Crippen molar-refractivity contribution in [2.45, 2.75) is 10.6 Å². The van der Waals surface area contributed by atoms with Crippen LogP contribution in [0.15, 0.2) is 71.6 Å². The normalized spacial score (nSPS) is 11.3. The number of rotatable bonds is 11. The van der Waals surface area contributed by atoms with E-state index >= 15 is 0 Å². The second-order valence-corrected chi connectivity index (χ2v) is 10.6. The number of methoxy groups -OCH3 is 1. The molecule has 1 heterocycles. The van der Waals surface area contributed by atoms with Gasteiger partial charge in [-0.15, -0.1) is 0 Å². The fourth-order valence-electron chi connectivity index (χ4n) is 3.60. The van der Waals surface area contributed by atoms with Crippen molar-refractivity contribution in [1.29, 1.82) is 0 Å². The maximum atomic E-state index is 13.5. The average Bonchev–Trinajstić information content (AvgIpc) is 2.90. The predicted molar refractivity (Wildman–Crippen MR) is 146 cm³/mol. The summed E-state index contributed by atoms with van der Waals surface area (Å²) in [6.45, 7) is -0.652. The van der Waals surface area contributed by atoms with Gasteiger partial charge < -0.3 is 20.7 Å². The first kappa shape index (κ1) is 27.2. The number of nitrogens with one attached hydrogen (secondary N) is 3. The minimum atomic E-state index is -3.92. The molecular formula is C26H25ClFN5O4S. The molecule has 0 aliphatic rings. The number of para-hydroxylation sites is 2. The van der Waals surface area contributed by atoms with E-state index in [0.29, 0.717) is 33.2 Å². The van der Waals surface area contributed by atoms with Crippen molar-refractivity contribution in [3.63, 3.8) is 0 Å². The van der Waals surface area contributed by atoms with Crippen LogP contribution in [-0.4, -0.2) is 51.2 Å². The summed E-state index contributed by atoms with van der Waals surface area (Å²) in [7, 11) is -2.39. The van der Waals surface area contributed by atoms with Crippen LogP contribution in [0, 0.1) is 0 Å². The number of sulfone groups is 1. The molecule has 198 valence electrons. The van der Waals surface area contributed by atoms with Gasteiger partial charge in [0.15, 0.2) is 15.7 Å². The van der Waals surface area contributed by atoms with Crippen molar-refractivity contribution in [2.24, 2.45) is 0 Å². The zero-order chi connectivity index (χ0) is 27.1. The van der Waals surface area contributed by atoms with Gasteiger partial charge in [-0.25, -0.2) is 22.8 Å². The Morgan fingerprint density at radius 3 is 2.53 bits per heavy atom. The van der Waals surface area contributed by atoms with Gasteiger partial charge >= 0.3 is 0 Å². The largest absolute Gasteiger partial charge is 0.497 e. The van der Waals surface area contributed by atoms with Crippen molar-refractivity contribution in [3.05, 3.63) is 77.4 Å². The van der Waals surface area contributed by atoms with Gasteiger partial charge in [-0.05, 0) is 42.5 Å². The summed E-state index contributed by atoms with van der Waals surface area (Å²) in [6, 6.07) is 18.0. The van der Waals surface area contributed by atoms with Gasteiger partial charge in [-0.3, -0.25) is 4.79 Å². The Morgan fingerprint density at radius 2 is 1.79 bits per heavy atom. The molecule has 0 aliphatic carbocycles. The number of hydrogen-bond acceptors (Lipinski definition) is 8. The van der Waals surface area contributed by atoms with Crippen molar-refractivity contribution < 1.29 is 22.3 Å². The fraction of sp³-hybridized carbons (Fsp3) is 0.192. The highest BCUT2D eigenvalue weighted by molar-refractivity contribution is 7.90. The van der Waals surface area contributed by atoms with E-state index in [2.05, 4.69) is 25.9 Å². The molecule has 0 bridgehead atoms. The van der Waals surface area contributed by atoms with Gasteiger partial charge in [0.25, 0.3) is 0 Å². The number of halogens is 2. The minimum absolute atomic E-state index is 0.00709. The average molecular weight is 558 g/mol. The van der Waals surface area contributed by atoms with E-state index in [4.69, 9.17) is 16.3 Å². The highest BCUT2D eigenvalue weighted by atomic mass is 35.5. The number of ether oxygens (including phenoxy) is 1. The lowest BCUT2D eigenvalue weighted by atomic mass is 10.2. The highest BCUT2D eigenvalue weighted by Gasteiger charge is 2.22. The van der Waals surface area contributed by atoms with Crippen molar-refractivity contribution in [2.75, 3.05) is 37.5 Å². The first-order valence-corrected chi connectivity index (χ1v) is 13.6. The molecule has 9 nitrogen and oxygen atoms in total. The molecule has 4 aromatic rings. The van der Waals surface area contributed by atoms with Crippen LogP contribution in [0.25, 0.3) is 11.0 Å². The number of hydrogen-bond donors (Lipinski definition) is 3. The molecule has 12 heteroatoms. The standard InChI is InChI=1S/C26H25ClFN5O4S/c1-37-18-9-10-20(27)23(14-18)33-26-24(31-21-7-2-3-8-22(21)32-26)16-38(35,36)19-6-4-5-17(13-19)30-25(34)15-29-12-11-28/h2-10,13-14,29H,11-12,15-16H2,1H3,(H,30,34)(H,32,33). The monoisotopic (exact) mass is 557 g/mol. The van der Waals surface area contributed by atoms with Crippen molar-refractivity contribution >= 4 is 55.6 Å². The molecule has 38 heavy (non-hydrogen) atoms. The van der Waals surface area contributed by atoms with Crippen LogP contribution in [0.4, 0.5) is 21.6 Å². The van der Waals surface area contributed by atoms with Crippen LogP contribution < -0.4 is 20.7 Å². The van der Waals surface area contributed by atoms with E-state index in [-0.39, 0.29) is 29.5 Å². The first-order valence-electron chi connectivity index (χ1n) is 11.5. The Hall–Kier alpha value is -3.80. The number of carbonyl (C=O) groups excluding carboxylic acids is 1. The number of anilines is 3. The molecule has 0 atom stereocenters. The van der Waals surface area contributed by atoms with Gasteiger partial charge in [-0.1, -0.05) is 29.8 Å². The topological polar surface area (TPSA) is 122 Å². The molecule has 0 spiro atoms. The molecule has 0 fully saturated rings. The van der Waals surface area contributed by atoms with Crippen molar-refractivity contribution in [3.8, 4) is 5.75 Å². The van der Waals surface area contributed by atoms with E-state index in [9.17, 15) is 17.6 Å². The molecule has 3 N–H and O–H groups in total. The predicted octanol–water partition coefficient (Wildman–Crippen LogP) is 4.51. The second-order valence-electron chi connectivity index (χ2n) is 8.18. The van der Waals surface area contributed by atoms with Gasteiger partial charge in [0, 0.05) is 18.3 Å². The zero-order valence-corrected chi connectivity index (χ0v) is 21.9. The lowest BCUT2D eigenvalue weighted by molar-refractivity contribution is -0.115. The molecule has 0 unspecified atom stereocenters. The molecule has 0 radical (unpaired) electrons. The molecule has 0 saturated carbocycles. The quantitative estimate of drug-likeness (QED) is 0.230. The number of fused-ring (bicyclic) bond motifs is 1. The third kappa shape index (κ3) is 6.74. The lowest BCUT2D eigenvalue weighted by Gasteiger charge is -2.14. The Balaban J connectivity index is 1.65. The lowest BCUT2D eigenvalue weighted by Crippen LogP contribution is -2.29. The van der Waals surface area contributed by atoms with E-state index in [1.54, 1.807) is 42.5 Å². The molecule has 0 aliphatic heterocycles. The molecule has 4 rings (SSSR count). The summed E-state index contributed by atoms with van der Waals surface area (Å²) in [4.78, 5) is 21.2. The van der Waals surface area contributed by atoms with Crippen LogP contribution in [-0.2, 0) is 20.4 Å².